The van der Waals surface area contributed by atoms with Crippen molar-refractivity contribution in [2.45, 2.75) is 26.3 Å². The Kier molecular flexibility index (Phi) is 5.63. The van der Waals surface area contributed by atoms with Crippen LogP contribution in [0.3, 0.4) is 0 Å². The Morgan fingerprint density at radius 1 is 1.32 bits per heavy atom. The molecule has 0 radical (unpaired) electrons. The van der Waals surface area contributed by atoms with Crippen LogP contribution in [0.4, 0.5) is 0 Å². The molecule has 1 aromatic rings. The zero-order valence-electron chi connectivity index (χ0n) is 10.6. The molecule has 2 N–H and O–H groups in total. The summed E-state index contributed by atoms with van der Waals surface area (Å²) in [5, 5.41) is 12.3. The third-order valence-corrected chi connectivity index (χ3v) is 3.20. The number of amides is 1. The highest BCUT2D eigenvalue weighted by atomic mass is 35.5. The number of benzene rings is 1. The molecule has 1 amide bonds. The Morgan fingerprint density at radius 3 is 2.42 bits per heavy atom. The van der Waals surface area contributed by atoms with Gasteiger partial charge in [-0.1, -0.05) is 43.1 Å². The predicted molar refractivity (Wildman–Crippen MR) is 74.6 cm³/mol. The molecule has 104 valence electrons. The van der Waals surface area contributed by atoms with E-state index in [-0.39, 0.29) is 18.2 Å². The van der Waals surface area contributed by atoms with Gasteiger partial charge in [-0.2, -0.15) is 0 Å². The van der Waals surface area contributed by atoms with E-state index in [9.17, 15) is 9.59 Å². The second-order valence-electron chi connectivity index (χ2n) is 4.54. The normalized spacial score (nSPS) is 12.3. The van der Waals surface area contributed by atoms with Crippen molar-refractivity contribution < 1.29 is 14.7 Å². The van der Waals surface area contributed by atoms with E-state index < -0.39 is 12.0 Å². The molecule has 1 rings (SSSR count). The summed E-state index contributed by atoms with van der Waals surface area (Å²) in [6.07, 6.45) is 0.0203. The maximum absolute atomic E-state index is 11.8. The number of nitrogens with one attached hydrogen (secondary N) is 1. The molecule has 1 aromatic carbocycles. The molecule has 0 fully saturated rings. The van der Waals surface area contributed by atoms with Gasteiger partial charge in [0.05, 0.1) is 6.42 Å². The van der Waals surface area contributed by atoms with Crippen LogP contribution in [0.25, 0.3) is 0 Å². The fraction of sp³-hybridized carbons (Fsp3) is 0.385. The Hall–Kier alpha value is -1.26. The molecule has 0 aromatic heterocycles. The van der Waals surface area contributed by atoms with E-state index in [4.69, 9.17) is 28.3 Å². The van der Waals surface area contributed by atoms with Gasteiger partial charge in [0.2, 0.25) is 5.91 Å². The average molecular weight is 304 g/mol. The molecule has 0 heterocycles. The first-order valence-electron chi connectivity index (χ1n) is 5.77. The van der Waals surface area contributed by atoms with Crippen LogP contribution in [0.1, 0.15) is 19.4 Å². The van der Waals surface area contributed by atoms with Crippen molar-refractivity contribution in [1.29, 1.82) is 0 Å². The summed E-state index contributed by atoms with van der Waals surface area (Å²) in [5.41, 5.74) is 0.608. The van der Waals surface area contributed by atoms with Crippen LogP contribution >= 0.6 is 23.2 Å². The van der Waals surface area contributed by atoms with Gasteiger partial charge < -0.3 is 10.4 Å². The summed E-state index contributed by atoms with van der Waals surface area (Å²) in [6, 6.07) is 3.92. The molecule has 4 nitrogen and oxygen atoms in total. The van der Waals surface area contributed by atoms with Crippen LogP contribution in [-0.4, -0.2) is 23.0 Å². The van der Waals surface area contributed by atoms with E-state index in [0.717, 1.165) is 0 Å². The number of hydrogen-bond acceptors (Lipinski definition) is 2. The van der Waals surface area contributed by atoms with Crippen molar-refractivity contribution in [1.82, 2.24) is 5.32 Å². The fourth-order valence-electron chi connectivity index (χ4n) is 1.58. The van der Waals surface area contributed by atoms with Crippen LogP contribution in [0.2, 0.25) is 10.0 Å². The van der Waals surface area contributed by atoms with Gasteiger partial charge in [0.15, 0.2) is 0 Å². The average Bonchev–Trinajstić information content (AvgIpc) is 2.29. The van der Waals surface area contributed by atoms with Gasteiger partial charge in [-0.05, 0) is 23.6 Å². The minimum atomic E-state index is -1.05. The lowest BCUT2D eigenvalue weighted by Crippen LogP contribution is -2.44. The third-order valence-electron chi connectivity index (χ3n) is 2.62. The second-order valence-corrected chi connectivity index (χ2v) is 5.38. The zero-order valence-corrected chi connectivity index (χ0v) is 12.1. The molecule has 19 heavy (non-hydrogen) atoms. The largest absolute Gasteiger partial charge is 0.480 e. The zero-order chi connectivity index (χ0) is 14.6. The summed E-state index contributed by atoms with van der Waals surface area (Å²) >= 11 is 11.7. The van der Waals surface area contributed by atoms with Gasteiger partial charge in [-0.15, -0.1) is 0 Å². The molecule has 0 spiro atoms. The van der Waals surface area contributed by atoms with Gasteiger partial charge >= 0.3 is 5.97 Å². The number of carboxylic acid groups (broad SMARTS) is 1. The number of rotatable bonds is 5. The highest BCUT2D eigenvalue weighted by molar-refractivity contribution is 6.35. The minimum Gasteiger partial charge on any atom is -0.480 e. The van der Waals surface area contributed by atoms with E-state index in [1.165, 1.54) is 0 Å². The van der Waals surface area contributed by atoms with E-state index in [2.05, 4.69) is 5.32 Å². The van der Waals surface area contributed by atoms with Gasteiger partial charge in [0.25, 0.3) is 0 Å². The first-order valence-corrected chi connectivity index (χ1v) is 6.53. The van der Waals surface area contributed by atoms with Gasteiger partial charge in [-0.3, -0.25) is 4.79 Å². The summed E-state index contributed by atoms with van der Waals surface area (Å²) in [7, 11) is 0. The summed E-state index contributed by atoms with van der Waals surface area (Å²) in [6.45, 7) is 3.46. The SMILES string of the molecule is CC(C)[C@@H](NC(=O)Cc1ccc(Cl)cc1Cl)C(=O)O. The van der Waals surface area contributed by atoms with Crippen LogP contribution in [-0.2, 0) is 16.0 Å². The quantitative estimate of drug-likeness (QED) is 0.879. The van der Waals surface area contributed by atoms with Crippen LogP contribution in [0.5, 0.6) is 0 Å². The lowest BCUT2D eigenvalue weighted by atomic mass is 10.0. The van der Waals surface area contributed by atoms with Crippen LogP contribution in [0, 0.1) is 5.92 Å². The lowest BCUT2D eigenvalue weighted by Gasteiger charge is -2.18. The highest BCUT2D eigenvalue weighted by Crippen LogP contribution is 2.21. The molecular weight excluding hydrogens is 289 g/mol. The number of carbonyl (C=O) groups is 2. The number of aliphatic carboxylic acids is 1. The summed E-state index contributed by atoms with van der Waals surface area (Å²) in [4.78, 5) is 22.8. The molecule has 0 aliphatic heterocycles. The fourth-order valence-corrected chi connectivity index (χ4v) is 2.05. The maximum atomic E-state index is 11.8. The first kappa shape index (κ1) is 15.8. The van der Waals surface area contributed by atoms with Crippen molar-refractivity contribution in [3.8, 4) is 0 Å². The molecule has 0 bridgehead atoms. The lowest BCUT2D eigenvalue weighted by molar-refractivity contribution is -0.143. The Morgan fingerprint density at radius 2 is 1.95 bits per heavy atom. The van der Waals surface area contributed by atoms with Crippen molar-refractivity contribution in [3.05, 3.63) is 33.8 Å². The van der Waals surface area contributed by atoms with Crippen molar-refractivity contribution in [2.24, 2.45) is 5.92 Å². The summed E-state index contributed by atoms with van der Waals surface area (Å²) in [5.74, 6) is -1.63. The van der Waals surface area contributed by atoms with Crippen molar-refractivity contribution in [2.75, 3.05) is 0 Å². The molecule has 6 heteroatoms. The van der Waals surface area contributed by atoms with Gasteiger partial charge in [-0.25, -0.2) is 4.79 Å². The van der Waals surface area contributed by atoms with E-state index in [1.807, 2.05) is 0 Å². The van der Waals surface area contributed by atoms with E-state index in [0.29, 0.717) is 15.6 Å². The topological polar surface area (TPSA) is 66.4 Å². The van der Waals surface area contributed by atoms with Gasteiger partial charge in [0, 0.05) is 10.0 Å². The Balaban J connectivity index is 2.72. The number of halogens is 2. The summed E-state index contributed by atoms with van der Waals surface area (Å²) < 4.78 is 0. The van der Waals surface area contributed by atoms with Crippen molar-refractivity contribution in [3.63, 3.8) is 0 Å². The Labute approximate surface area is 121 Å². The number of carbonyl (C=O) groups excluding carboxylic acids is 1. The van der Waals surface area contributed by atoms with Crippen LogP contribution in [0.15, 0.2) is 18.2 Å². The van der Waals surface area contributed by atoms with Gasteiger partial charge in [0.1, 0.15) is 6.04 Å². The molecule has 0 unspecified atom stereocenters. The molecule has 0 aliphatic carbocycles. The van der Waals surface area contributed by atoms with Crippen molar-refractivity contribution >= 4 is 35.1 Å². The molecule has 0 saturated heterocycles. The molecular formula is C13H15Cl2NO3. The minimum absolute atomic E-state index is 0.0203. The predicted octanol–water partition coefficient (Wildman–Crippen LogP) is 2.76. The smallest absolute Gasteiger partial charge is 0.326 e. The number of hydrogen-bond donors (Lipinski definition) is 2. The monoisotopic (exact) mass is 303 g/mol. The van der Waals surface area contributed by atoms with Crippen LogP contribution < -0.4 is 5.32 Å². The number of carboxylic acids is 1. The third kappa shape index (κ3) is 4.73. The molecule has 0 aliphatic rings. The van der Waals surface area contributed by atoms with E-state index >= 15 is 0 Å². The molecule has 1 atom stereocenters. The second kappa shape index (κ2) is 6.78. The van der Waals surface area contributed by atoms with E-state index in [1.54, 1.807) is 32.0 Å². The standard InChI is InChI=1S/C13H15Cl2NO3/c1-7(2)12(13(18)19)16-11(17)5-8-3-4-9(14)6-10(8)15/h3-4,6-7,12H,5H2,1-2H3,(H,16,17)(H,18,19)/t12-/m1/s1. The first-order chi connectivity index (χ1) is 8.81. The highest BCUT2D eigenvalue weighted by Gasteiger charge is 2.23. The Bertz CT molecular complexity index is 489. The molecule has 0 saturated carbocycles. The maximum Gasteiger partial charge on any atom is 0.326 e.